The van der Waals surface area contributed by atoms with E-state index in [1.165, 1.54) is 41.4 Å². The number of imidazole rings is 1. The number of rotatable bonds is 3. The highest BCUT2D eigenvalue weighted by Crippen LogP contribution is 2.18. The molecule has 0 atom stereocenters. The number of aromatic nitrogens is 2. The Morgan fingerprint density at radius 1 is 1.16 bits per heavy atom. The Bertz CT molecular complexity index is 625. The summed E-state index contributed by atoms with van der Waals surface area (Å²) in [5.41, 5.74) is 2.37. The van der Waals surface area contributed by atoms with E-state index >= 15 is 0 Å². The van der Waals surface area contributed by atoms with Gasteiger partial charge in [0.2, 0.25) is 0 Å². The molecule has 1 aromatic heterocycles. The normalized spacial score (nSPS) is 17.1. The van der Waals surface area contributed by atoms with Crippen LogP contribution >= 0.6 is 34.8 Å². The number of nitrogens with zero attached hydrogens (tertiary/aromatic N) is 2. The smallest absolute Gasteiger partial charge is 0.178 e. The zero-order chi connectivity index (χ0) is 13.2. The highest BCUT2D eigenvalue weighted by Gasteiger charge is 2.11. The Hall–Kier alpha value is -0.400. The van der Waals surface area contributed by atoms with Crippen molar-refractivity contribution >= 4 is 45.8 Å². The summed E-state index contributed by atoms with van der Waals surface area (Å²) in [6.45, 7) is 4.58. The second kappa shape index (κ2) is 5.93. The van der Waals surface area contributed by atoms with Gasteiger partial charge in [0.15, 0.2) is 4.77 Å². The molecule has 0 saturated carbocycles. The molecule has 1 aliphatic heterocycles. The Balaban J connectivity index is 1.80. The van der Waals surface area contributed by atoms with Crippen molar-refractivity contribution in [3.63, 3.8) is 0 Å². The van der Waals surface area contributed by atoms with Crippen LogP contribution in [0.15, 0.2) is 18.2 Å². The van der Waals surface area contributed by atoms with Crippen LogP contribution in [-0.2, 0) is 6.54 Å². The maximum Gasteiger partial charge on any atom is 0.178 e. The SMILES string of the molecule is S=c1[nH]c2cc(I)ccc2n1CCN1CCCCC1. The number of fused-ring (bicyclic) bond motifs is 1. The predicted octanol–water partition coefficient (Wildman–Crippen LogP) is 3.79. The minimum Gasteiger partial charge on any atom is -0.331 e. The molecule has 0 radical (unpaired) electrons. The summed E-state index contributed by atoms with van der Waals surface area (Å²) in [7, 11) is 0. The van der Waals surface area contributed by atoms with Gasteiger partial charge in [-0.15, -0.1) is 0 Å². The lowest BCUT2D eigenvalue weighted by atomic mass is 10.1. The van der Waals surface area contributed by atoms with Crippen molar-refractivity contribution in [1.29, 1.82) is 0 Å². The standard InChI is InChI=1S/C14H18IN3S/c15-11-4-5-13-12(10-11)16-14(19)18(13)9-8-17-6-2-1-3-7-17/h4-5,10H,1-3,6-9H2,(H,16,19). The Kier molecular flexibility index (Phi) is 4.24. The summed E-state index contributed by atoms with van der Waals surface area (Å²) in [5, 5.41) is 0. The maximum absolute atomic E-state index is 5.45. The van der Waals surface area contributed by atoms with Gasteiger partial charge in [0, 0.05) is 16.7 Å². The number of piperidine rings is 1. The van der Waals surface area contributed by atoms with Gasteiger partial charge in [0.1, 0.15) is 0 Å². The molecule has 2 aromatic rings. The minimum absolute atomic E-state index is 0.842. The third-order valence-corrected chi connectivity index (χ3v) is 4.82. The average molecular weight is 387 g/mol. The molecule has 102 valence electrons. The van der Waals surface area contributed by atoms with Crippen molar-refractivity contribution < 1.29 is 0 Å². The highest BCUT2D eigenvalue weighted by molar-refractivity contribution is 14.1. The van der Waals surface area contributed by atoms with E-state index in [4.69, 9.17) is 12.2 Å². The van der Waals surface area contributed by atoms with Gasteiger partial charge < -0.3 is 14.5 Å². The second-order valence-electron chi connectivity index (χ2n) is 5.15. The molecule has 0 amide bonds. The topological polar surface area (TPSA) is 24.0 Å². The Morgan fingerprint density at radius 2 is 1.95 bits per heavy atom. The van der Waals surface area contributed by atoms with E-state index < -0.39 is 0 Å². The van der Waals surface area contributed by atoms with Crippen LogP contribution in [-0.4, -0.2) is 34.1 Å². The van der Waals surface area contributed by atoms with Gasteiger partial charge in [-0.2, -0.15) is 0 Å². The van der Waals surface area contributed by atoms with Crippen molar-refractivity contribution in [2.24, 2.45) is 0 Å². The zero-order valence-corrected chi connectivity index (χ0v) is 13.8. The van der Waals surface area contributed by atoms with Crippen LogP contribution in [0.5, 0.6) is 0 Å². The molecule has 0 spiro atoms. The fourth-order valence-electron chi connectivity index (χ4n) is 2.78. The third-order valence-electron chi connectivity index (χ3n) is 3.82. The first-order valence-electron chi connectivity index (χ1n) is 6.84. The molecule has 2 heterocycles. The maximum atomic E-state index is 5.45. The van der Waals surface area contributed by atoms with Gasteiger partial charge in [0.25, 0.3) is 0 Å². The molecule has 5 heteroatoms. The summed E-state index contributed by atoms with van der Waals surface area (Å²) < 4.78 is 4.31. The number of hydrogen-bond donors (Lipinski definition) is 1. The number of H-pyrrole nitrogens is 1. The lowest BCUT2D eigenvalue weighted by Gasteiger charge is -2.26. The first-order chi connectivity index (χ1) is 9.24. The minimum atomic E-state index is 0.842. The number of likely N-dealkylation sites (tertiary alicyclic amines) is 1. The summed E-state index contributed by atoms with van der Waals surface area (Å²) >= 11 is 7.78. The lowest BCUT2D eigenvalue weighted by molar-refractivity contribution is 0.221. The van der Waals surface area contributed by atoms with Crippen LogP contribution < -0.4 is 0 Å². The van der Waals surface area contributed by atoms with Gasteiger partial charge in [-0.3, -0.25) is 0 Å². The fraction of sp³-hybridized carbons (Fsp3) is 0.500. The number of halogens is 1. The molecule has 19 heavy (non-hydrogen) atoms. The van der Waals surface area contributed by atoms with E-state index in [1.807, 2.05) is 0 Å². The van der Waals surface area contributed by atoms with Crippen LogP contribution in [0.3, 0.4) is 0 Å². The Morgan fingerprint density at radius 3 is 2.74 bits per heavy atom. The average Bonchev–Trinajstić information content (AvgIpc) is 2.72. The van der Waals surface area contributed by atoms with E-state index in [2.05, 4.69) is 55.2 Å². The first-order valence-corrected chi connectivity index (χ1v) is 8.33. The molecule has 3 nitrogen and oxygen atoms in total. The van der Waals surface area contributed by atoms with Crippen molar-refractivity contribution in [2.45, 2.75) is 25.8 Å². The van der Waals surface area contributed by atoms with Gasteiger partial charge in [0.05, 0.1) is 11.0 Å². The molecule has 1 N–H and O–H groups in total. The zero-order valence-electron chi connectivity index (χ0n) is 10.9. The molecule has 0 aliphatic carbocycles. The molecule has 1 aliphatic rings. The number of aromatic amines is 1. The quantitative estimate of drug-likeness (QED) is 0.640. The monoisotopic (exact) mass is 387 g/mol. The molecular formula is C14H18IN3S. The second-order valence-corrected chi connectivity index (χ2v) is 6.78. The molecule has 0 unspecified atom stereocenters. The molecule has 1 aromatic carbocycles. The van der Waals surface area contributed by atoms with Crippen LogP contribution in [0.25, 0.3) is 11.0 Å². The third kappa shape index (κ3) is 3.03. The van der Waals surface area contributed by atoms with E-state index in [0.29, 0.717) is 0 Å². The summed E-state index contributed by atoms with van der Waals surface area (Å²) in [4.78, 5) is 5.86. The summed E-state index contributed by atoms with van der Waals surface area (Å²) in [6, 6.07) is 6.46. The summed E-state index contributed by atoms with van der Waals surface area (Å²) in [5.74, 6) is 0. The van der Waals surface area contributed by atoms with E-state index in [1.54, 1.807) is 0 Å². The van der Waals surface area contributed by atoms with Crippen LogP contribution in [0, 0.1) is 8.34 Å². The Labute approximate surface area is 132 Å². The number of hydrogen-bond acceptors (Lipinski definition) is 2. The lowest BCUT2D eigenvalue weighted by Crippen LogP contribution is -2.32. The number of benzene rings is 1. The number of nitrogens with one attached hydrogen (secondary N) is 1. The molecule has 1 saturated heterocycles. The van der Waals surface area contributed by atoms with Gasteiger partial charge in [-0.1, -0.05) is 6.42 Å². The molecular weight excluding hydrogens is 369 g/mol. The molecule has 0 bridgehead atoms. The van der Waals surface area contributed by atoms with Gasteiger partial charge >= 0.3 is 0 Å². The van der Waals surface area contributed by atoms with Gasteiger partial charge in [-0.25, -0.2) is 0 Å². The molecule has 3 rings (SSSR count). The van der Waals surface area contributed by atoms with E-state index in [9.17, 15) is 0 Å². The largest absolute Gasteiger partial charge is 0.331 e. The van der Waals surface area contributed by atoms with Crippen LogP contribution in [0.2, 0.25) is 0 Å². The fourth-order valence-corrected chi connectivity index (χ4v) is 3.57. The van der Waals surface area contributed by atoms with E-state index in [-0.39, 0.29) is 0 Å². The van der Waals surface area contributed by atoms with Crippen LogP contribution in [0.1, 0.15) is 19.3 Å². The van der Waals surface area contributed by atoms with Gasteiger partial charge in [-0.05, 0) is 78.9 Å². The van der Waals surface area contributed by atoms with Crippen molar-refractivity contribution in [2.75, 3.05) is 19.6 Å². The van der Waals surface area contributed by atoms with Crippen molar-refractivity contribution in [1.82, 2.24) is 14.5 Å². The summed E-state index contributed by atoms with van der Waals surface area (Å²) in [6.07, 6.45) is 4.08. The predicted molar refractivity (Wildman–Crippen MR) is 90.1 cm³/mol. The van der Waals surface area contributed by atoms with E-state index in [0.717, 1.165) is 23.4 Å². The van der Waals surface area contributed by atoms with Crippen molar-refractivity contribution in [3.8, 4) is 0 Å². The molecule has 1 fully saturated rings. The first kappa shape index (κ1) is 13.6. The highest BCUT2D eigenvalue weighted by atomic mass is 127. The van der Waals surface area contributed by atoms with Crippen molar-refractivity contribution in [3.05, 3.63) is 26.5 Å². The van der Waals surface area contributed by atoms with Crippen LogP contribution in [0.4, 0.5) is 0 Å².